The Hall–Kier alpha value is -1.51. The van der Waals surface area contributed by atoms with Crippen LogP contribution in [0.5, 0.6) is 0 Å². The van der Waals surface area contributed by atoms with Crippen LogP contribution in [0.3, 0.4) is 0 Å². The van der Waals surface area contributed by atoms with E-state index in [-0.39, 0.29) is 21.8 Å². The predicted octanol–water partition coefficient (Wildman–Crippen LogP) is 2.97. The van der Waals surface area contributed by atoms with E-state index < -0.39 is 10.0 Å². The summed E-state index contributed by atoms with van der Waals surface area (Å²) in [6, 6.07) is 6.36. The Morgan fingerprint density at radius 2 is 1.64 bits per heavy atom. The highest BCUT2D eigenvalue weighted by molar-refractivity contribution is 7.89. The molecule has 0 saturated heterocycles. The molecule has 0 spiro atoms. The molecule has 1 aromatic rings. The van der Waals surface area contributed by atoms with Crippen molar-refractivity contribution in [2.75, 3.05) is 18.4 Å². The quantitative estimate of drug-likeness (QED) is 0.673. The zero-order chi connectivity index (χ0) is 19.0. The van der Waals surface area contributed by atoms with Gasteiger partial charge in [0.15, 0.2) is 5.11 Å². The van der Waals surface area contributed by atoms with Gasteiger partial charge >= 0.3 is 0 Å². The van der Waals surface area contributed by atoms with Crippen LogP contribution in [0.2, 0.25) is 0 Å². The first-order chi connectivity index (χ1) is 11.7. The van der Waals surface area contributed by atoms with Gasteiger partial charge in [-0.25, -0.2) is 8.42 Å². The first-order valence-corrected chi connectivity index (χ1v) is 10.3. The Labute approximate surface area is 156 Å². The molecule has 6 nitrogen and oxygen atoms in total. The molecular formula is C17H27N3O3S2. The highest BCUT2D eigenvalue weighted by atomic mass is 32.2. The average Bonchev–Trinajstić information content (AvgIpc) is 2.54. The number of rotatable bonds is 8. The van der Waals surface area contributed by atoms with Gasteiger partial charge in [-0.3, -0.25) is 4.79 Å². The fourth-order valence-corrected chi connectivity index (χ4v) is 3.97. The lowest BCUT2D eigenvalue weighted by Gasteiger charge is -2.21. The van der Waals surface area contributed by atoms with E-state index >= 15 is 0 Å². The SMILES string of the molecule is CCCN(CCC)S(=O)(=O)c1ccc(NC(=S)NC(=O)C(C)C)cc1. The van der Waals surface area contributed by atoms with E-state index in [9.17, 15) is 13.2 Å². The van der Waals surface area contributed by atoms with Crippen molar-refractivity contribution in [1.29, 1.82) is 0 Å². The number of amides is 1. The third-order valence-electron chi connectivity index (χ3n) is 3.46. The minimum absolute atomic E-state index is 0.171. The van der Waals surface area contributed by atoms with Crippen LogP contribution in [0.15, 0.2) is 29.2 Å². The molecule has 0 aromatic heterocycles. The lowest BCUT2D eigenvalue weighted by Crippen LogP contribution is -2.36. The summed E-state index contributed by atoms with van der Waals surface area (Å²) in [5.74, 6) is -0.346. The molecule has 0 radical (unpaired) electrons. The second-order valence-corrected chi connectivity index (χ2v) is 8.37. The fraction of sp³-hybridized carbons (Fsp3) is 0.529. The summed E-state index contributed by atoms with van der Waals surface area (Å²) < 4.78 is 26.9. The number of nitrogens with one attached hydrogen (secondary N) is 2. The molecule has 2 N–H and O–H groups in total. The second-order valence-electron chi connectivity index (χ2n) is 6.03. The molecule has 0 fully saturated rings. The van der Waals surface area contributed by atoms with E-state index in [2.05, 4.69) is 10.6 Å². The monoisotopic (exact) mass is 385 g/mol. The topological polar surface area (TPSA) is 78.5 Å². The lowest BCUT2D eigenvalue weighted by atomic mass is 10.2. The van der Waals surface area contributed by atoms with Crippen LogP contribution in [-0.2, 0) is 14.8 Å². The number of hydrogen-bond donors (Lipinski definition) is 2. The zero-order valence-corrected chi connectivity index (χ0v) is 16.8. The fourth-order valence-electron chi connectivity index (χ4n) is 2.13. The Morgan fingerprint density at radius 1 is 1.12 bits per heavy atom. The maximum absolute atomic E-state index is 12.7. The van der Waals surface area contributed by atoms with Gasteiger partial charge in [0.25, 0.3) is 0 Å². The van der Waals surface area contributed by atoms with Gasteiger partial charge in [0, 0.05) is 24.7 Å². The first kappa shape index (κ1) is 21.5. The van der Waals surface area contributed by atoms with Gasteiger partial charge < -0.3 is 10.6 Å². The Kier molecular flexibility index (Phi) is 8.47. The third kappa shape index (κ3) is 6.37. The molecule has 0 bridgehead atoms. The molecule has 0 aliphatic carbocycles. The van der Waals surface area contributed by atoms with E-state index in [1.165, 1.54) is 4.31 Å². The van der Waals surface area contributed by atoms with Crippen molar-refractivity contribution >= 4 is 38.9 Å². The lowest BCUT2D eigenvalue weighted by molar-refractivity contribution is -0.122. The molecule has 1 aromatic carbocycles. The summed E-state index contributed by atoms with van der Waals surface area (Å²) in [5.41, 5.74) is 0.616. The first-order valence-electron chi connectivity index (χ1n) is 8.44. The number of anilines is 1. The number of thiocarbonyl (C=S) groups is 1. The summed E-state index contributed by atoms with van der Waals surface area (Å²) in [5, 5.41) is 5.64. The molecule has 140 valence electrons. The minimum atomic E-state index is -3.50. The van der Waals surface area contributed by atoms with Gasteiger partial charge in [-0.05, 0) is 49.3 Å². The molecule has 0 aliphatic rings. The van der Waals surface area contributed by atoms with Crippen LogP contribution in [0, 0.1) is 5.92 Å². The predicted molar refractivity (Wildman–Crippen MR) is 105 cm³/mol. The van der Waals surface area contributed by atoms with E-state index in [1.54, 1.807) is 38.1 Å². The molecule has 0 saturated carbocycles. The van der Waals surface area contributed by atoms with Crippen molar-refractivity contribution in [2.45, 2.75) is 45.4 Å². The average molecular weight is 386 g/mol. The molecular weight excluding hydrogens is 358 g/mol. The largest absolute Gasteiger partial charge is 0.332 e. The standard InChI is InChI=1S/C17H27N3O3S2/c1-5-11-20(12-6-2)25(22,23)15-9-7-14(8-10-15)18-17(24)19-16(21)13(3)4/h7-10,13H,5-6,11-12H2,1-4H3,(H2,18,19,21,24). The number of sulfonamides is 1. The molecule has 25 heavy (non-hydrogen) atoms. The third-order valence-corrected chi connectivity index (χ3v) is 5.57. The number of benzene rings is 1. The van der Waals surface area contributed by atoms with Gasteiger partial charge in [0.2, 0.25) is 15.9 Å². The minimum Gasteiger partial charge on any atom is -0.332 e. The van der Waals surface area contributed by atoms with Crippen molar-refractivity contribution in [3.63, 3.8) is 0 Å². The van der Waals surface area contributed by atoms with E-state index in [0.717, 1.165) is 12.8 Å². The molecule has 1 amide bonds. The Morgan fingerprint density at radius 3 is 2.08 bits per heavy atom. The van der Waals surface area contributed by atoms with Gasteiger partial charge in [-0.15, -0.1) is 0 Å². The molecule has 0 atom stereocenters. The summed E-state index contributed by atoms with van der Waals surface area (Å²) >= 11 is 5.08. The van der Waals surface area contributed by atoms with Crippen molar-refractivity contribution in [3.05, 3.63) is 24.3 Å². The molecule has 0 heterocycles. The van der Waals surface area contributed by atoms with Gasteiger partial charge in [-0.2, -0.15) is 4.31 Å². The Balaban J connectivity index is 2.84. The van der Waals surface area contributed by atoms with Crippen molar-refractivity contribution in [1.82, 2.24) is 9.62 Å². The summed E-state index contributed by atoms with van der Waals surface area (Å²) in [7, 11) is -3.50. The van der Waals surface area contributed by atoms with Gasteiger partial charge in [0.1, 0.15) is 0 Å². The molecule has 1 rings (SSSR count). The highest BCUT2D eigenvalue weighted by Crippen LogP contribution is 2.19. The second kappa shape index (κ2) is 9.84. The number of nitrogens with zero attached hydrogens (tertiary/aromatic N) is 1. The molecule has 0 unspecified atom stereocenters. The van der Waals surface area contributed by atoms with Gasteiger partial charge in [0.05, 0.1) is 4.90 Å². The number of hydrogen-bond acceptors (Lipinski definition) is 4. The van der Waals surface area contributed by atoms with Crippen LogP contribution in [0.1, 0.15) is 40.5 Å². The van der Waals surface area contributed by atoms with Crippen LogP contribution >= 0.6 is 12.2 Å². The molecule has 0 aliphatic heterocycles. The number of carbonyl (C=O) groups is 1. The summed E-state index contributed by atoms with van der Waals surface area (Å²) in [4.78, 5) is 11.9. The highest BCUT2D eigenvalue weighted by Gasteiger charge is 2.22. The smallest absolute Gasteiger partial charge is 0.243 e. The normalized spacial score (nSPS) is 11.6. The number of carbonyl (C=O) groups excluding carboxylic acids is 1. The Bertz CT molecular complexity index is 680. The van der Waals surface area contributed by atoms with Crippen molar-refractivity contribution in [2.24, 2.45) is 5.92 Å². The van der Waals surface area contributed by atoms with Crippen molar-refractivity contribution in [3.8, 4) is 0 Å². The van der Waals surface area contributed by atoms with Crippen LogP contribution < -0.4 is 10.6 Å². The maximum atomic E-state index is 12.7. The van der Waals surface area contributed by atoms with Crippen LogP contribution in [0.4, 0.5) is 5.69 Å². The zero-order valence-electron chi connectivity index (χ0n) is 15.2. The van der Waals surface area contributed by atoms with E-state index in [4.69, 9.17) is 12.2 Å². The van der Waals surface area contributed by atoms with Crippen LogP contribution in [0.25, 0.3) is 0 Å². The van der Waals surface area contributed by atoms with Crippen LogP contribution in [-0.4, -0.2) is 36.8 Å². The summed E-state index contributed by atoms with van der Waals surface area (Å²) in [6.45, 7) is 8.46. The van der Waals surface area contributed by atoms with E-state index in [1.807, 2.05) is 13.8 Å². The van der Waals surface area contributed by atoms with Crippen molar-refractivity contribution < 1.29 is 13.2 Å². The summed E-state index contributed by atoms with van der Waals surface area (Å²) in [6.07, 6.45) is 1.53. The van der Waals surface area contributed by atoms with Gasteiger partial charge in [-0.1, -0.05) is 27.7 Å². The molecule has 8 heteroatoms. The maximum Gasteiger partial charge on any atom is 0.243 e. The van der Waals surface area contributed by atoms with E-state index in [0.29, 0.717) is 18.8 Å².